The van der Waals surface area contributed by atoms with Gasteiger partial charge in [-0.25, -0.2) is 0 Å². The van der Waals surface area contributed by atoms with Crippen LogP contribution in [0.15, 0.2) is 53.4 Å². The van der Waals surface area contributed by atoms with Gasteiger partial charge in [0.05, 0.1) is 0 Å². The minimum Gasteiger partial charge on any atom is -0.330 e. The first-order chi connectivity index (χ1) is 11.8. The van der Waals surface area contributed by atoms with Crippen LogP contribution in [0.2, 0.25) is 0 Å². The molecule has 1 aliphatic rings. The first kappa shape index (κ1) is 17.6. The Morgan fingerprint density at radius 1 is 1.12 bits per heavy atom. The number of fused-ring (bicyclic) bond motifs is 1. The Balaban J connectivity index is 1.62. The van der Waals surface area contributed by atoms with Gasteiger partial charge in [0, 0.05) is 10.6 Å². The largest absolute Gasteiger partial charge is 0.330 e. The van der Waals surface area contributed by atoms with Crippen LogP contribution in [-0.2, 0) is 12.8 Å². The van der Waals surface area contributed by atoms with Gasteiger partial charge in [0.25, 0.3) is 0 Å². The number of benzene rings is 2. The van der Waals surface area contributed by atoms with Gasteiger partial charge in [-0.2, -0.15) is 0 Å². The highest BCUT2D eigenvalue weighted by atomic mass is 32.2. The number of thioether (sulfide) groups is 1. The summed E-state index contributed by atoms with van der Waals surface area (Å²) in [7, 11) is 0. The molecule has 3 rings (SSSR count). The van der Waals surface area contributed by atoms with Gasteiger partial charge in [-0.15, -0.1) is 11.8 Å². The van der Waals surface area contributed by atoms with E-state index in [0.717, 1.165) is 12.5 Å². The van der Waals surface area contributed by atoms with Crippen LogP contribution in [0.3, 0.4) is 0 Å². The van der Waals surface area contributed by atoms with Crippen LogP contribution in [0.4, 0.5) is 0 Å². The molecule has 2 atom stereocenters. The molecule has 1 aliphatic carbocycles. The van der Waals surface area contributed by atoms with Crippen LogP contribution in [0.25, 0.3) is 0 Å². The van der Waals surface area contributed by atoms with Crippen LogP contribution in [0.1, 0.15) is 48.8 Å². The second-order valence-corrected chi connectivity index (χ2v) is 8.08. The smallest absolute Gasteiger partial charge is 0.00720 e. The van der Waals surface area contributed by atoms with Crippen molar-refractivity contribution in [3.63, 3.8) is 0 Å². The van der Waals surface area contributed by atoms with Crippen LogP contribution < -0.4 is 5.73 Å². The summed E-state index contributed by atoms with van der Waals surface area (Å²) in [6.07, 6.45) is 6.18. The zero-order valence-electron chi connectivity index (χ0n) is 14.7. The third-order valence-electron chi connectivity index (χ3n) is 5.18. The number of nitrogens with two attached hydrogens (primary N) is 1. The molecule has 0 aromatic heterocycles. The van der Waals surface area contributed by atoms with E-state index in [1.165, 1.54) is 48.3 Å². The molecule has 0 saturated heterocycles. The van der Waals surface area contributed by atoms with Crippen molar-refractivity contribution < 1.29 is 0 Å². The molecule has 0 heterocycles. The van der Waals surface area contributed by atoms with Gasteiger partial charge in [-0.05, 0) is 72.9 Å². The summed E-state index contributed by atoms with van der Waals surface area (Å²) in [4.78, 5) is 1.39. The molecule has 2 aromatic carbocycles. The maximum absolute atomic E-state index is 5.98. The number of aryl methyl sites for hydroxylation is 1. The van der Waals surface area contributed by atoms with Crippen molar-refractivity contribution >= 4 is 11.8 Å². The fraction of sp³-hybridized carbons (Fsp3) is 0.455. The van der Waals surface area contributed by atoms with Crippen molar-refractivity contribution in [1.82, 2.24) is 0 Å². The van der Waals surface area contributed by atoms with Crippen molar-refractivity contribution in [2.24, 2.45) is 11.7 Å². The molecular weight excluding hydrogens is 310 g/mol. The van der Waals surface area contributed by atoms with Crippen LogP contribution in [0, 0.1) is 5.92 Å². The SMILES string of the molecule is CCCC(CN)c1ccc2c(c1)CCC(CSc1ccccc1)C2. The molecule has 0 fully saturated rings. The van der Waals surface area contributed by atoms with Crippen LogP contribution in [-0.4, -0.2) is 12.3 Å². The minimum absolute atomic E-state index is 0.534. The predicted molar refractivity (Wildman–Crippen MR) is 106 cm³/mol. The second-order valence-electron chi connectivity index (χ2n) is 6.98. The van der Waals surface area contributed by atoms with Crippen LogP contribution >= 0.6 is 11.8 Å². The lowest BCUT2D eigenvalue weighted by Gasteiger charge is -2.26. The molecule has 2 N–H and O–H groups in total. The van der Waals surface area contributed by atoms with Crippen molar-refractivity contribution in [2.75, 3.05) is 12.3 Å². The zero-order valence-corrected chi connectivity index (χ0v) is 15.5. The normalized spacial score (nSPS) is 18.2. The van der Waals surface area contributed by atoms with Gasteiger partial charge in [0.15, 0.2) is 0 Å². The van der Waals surface area contributed by atoms with Gasteiger partial charge < -0.3 is 5.73 Å². The second kappa shape index (κ2) is 8.73. The van der Waals surface area contributed by atoms with E-state index in [2.05, 4.69) is 55.5 Å². The Bertz CT molecular complexity index is 638. The Kier molecular flexibility index (Phi) is 6.39. The third kappa shape index (κ3) is 4.43. The number of rotatable bonds is 7. The number of hydrogen-bond donors (Lipinski definition) is 1. The van der Waals surface area contributed by atoms with E-state index in [-0.39, 0.29) is 0 Å². The van der Waals surface area contributed by atoms with E-state index in [9.17, 15) is 0 Å². The molecular formula is C22H29NS. The maximum atomic E-state index is 5.98. The molecule has 2 unspecified atom stereocenters. The molecule has 2 aromatic rings. The first-order valence-corrected chi connectivity index (χ1v) is 10.3. The lowest BCUT2D eigenvalue weighted by Crippen LogP contribution is -2.18. The zero-order chi connectivity index (χ0) is 16.8. The first-order valence-electron chi connectivity index (χ1n) is 9.29. The van der Waals surface area contributed by atoms with Crippen molar-refractivity contribution in [3.8, 4) is 0 Å². The summed E-state index contributed by atoms with van der Waals surface area (Å²) in [5.74, 6) is 2.56. The monoisotopic (exact) mass is 339 g/mol. The lowest BCUT2D eigenvalue weighted by molar-refractivity contribution is 0.508. The van der Waals surface area contributed by atoms with Crippen molar-refractivity contribution in [3.05, 3.63) is 65.2 Å². The number of hydrogen-bond acceptors (Lipinski definition) is 2. The highest BCUT2D eigenvalue weighted by molar-refractivity contribution is 7.99. The molecule has 2 heteroatoms. The molecule has 24 heavy (non-hydrogen) atoms. The standard InChI is InChI=1S/C22H29NS/c1-2-6-21(15-23)20-12-11-18-13-17(9-10-19(18)14-20)16-24-22-7-4-3-5-8-22/h3-5,7-8,11-12,14,17,21H,2,6,9-10,13,15-16,23H2,1H3. The fourth-order valence-electron chi connectivity index (χ4n) is 3.75. The van der Waals surface area contributed by atoms with Gasteiger partial charge in [0.2, 0.25) is 0 Å². The van der Waals surface area contributed by atoms with Gasteiger partial charge in [-0.3, -0.25) is 0 Å². The minimum atomic E-state index is 0.534. The highest BCUT2D eigenvalue weighted by Gasteiger charge is 2.20. The topological polar surface area (TPSA) is 26.0 Å². The van der Waals surface area contributed by atoms with Crippen LogP contribution in [0.5, 0.6) is 0 Å². The van der Waals surface area contributed by atoms with E-state index in [1.807, 2.05) is 11.8 Å². The molecule has 0 amide bonds. The summed E-state index contributed by atoms with van der Waals surface area (Å²) < 4.78 is 0. The average molecular weight is 340 g/mol. The Morgan fingerprint density at radius 2 is 1.96 bits per heavy atom. The van der Waals surface area contributed by atoms with E-state index in [1.54, 1.807) is 11.1 Å². The van der Waals surface area contributed by atoms with E-state index >= 15 is 0 Å². The summed E-state index contributed by atoms with van der Waals surface area (Å²) in [5, 5.41) is 0. The van der Waals surface area contributed by atoms with Gasteiger partial charge in [-0.1, -0.05) is 49.7 Å². The molecule has 1 nitrogen and oxygen atoms in total. The van der Waals surface area contributed by atoms with Gasteiger partial charge >= 0.3 is 0 Å². The lowest BCUT2D eigenvalue weighted by atomic mass is 9.82. The highest BCUT2D eigenvalue weighted by Crippen LogP contribution is 2.32. The van der Waals surface area contributed by atoms with Gasteiger partial charge in [0.1, 0.15) is 0 Å². The molecule has 0 spiro atoms. The Morgan fingerprint density at radius 3 is 2.71 bits per heavy atom. The quantitative estimate of drug-likeness (QED) is 0.681. The molecule has 0 aliphatic heterocycles. The fourth-order valence-corrected chi connectivity index (χ4v) is 4.81. The Hall–Kier alpha value is -1.25. The molecule has 0 bridgehead atoms. The van der Waals surface area contributed by atoms with Crippen molar-refractivity contribution in [1.29, 1.82) is 0 Å². The summed E-state index contributed by atoms with van der Waals surface area (Å²) in [6.45, 7) is 3.01. The van der Waals surface area contributed by atoms with E-state index < -0.39 is 0 Å². The summed E-state index contributed by atoms with van der Waals surface area (Å²) in [5.41, 5.74) is 10.6. The van der Waals surface area contributed by atoms with E-state index in [4.69, 9.17) is 5.73 Å². The summed E-state index contributed by atoms with van der Waals surface area (Å²) in [6, 6.07) is 17.9. The molecule has 128 valence electrons. The average Bonchev–Trinajstić information content (AvgIpc) is 2.64. The van der Waals surface area contributed by atoms with Crippen molar-refractivity contribution in [2.45, 2.75) is 49.8 Å². The third-order valence-corrected chi connectivity index (χ3v) is 6.43. The molecule has 0 saturated carbocycles. The summed E-state index contributed by atoms with van der Waals surface area (Å²) >= 11 is 2.00. The Labute approximate surface area is 151 Å². The van der Waals surface area contributed by atoms with E-state index in [0.29, 0.717) is 5.92 Å². The maximum Gasteiger partial charge on any atom is 0.00720 e. The predicted octanol–water partition coefficient (Wildman–Crippen LogP) is 5.43. The molecule has 0 radical (unpaired) electrons.